The molecule has 0 spiro atoms. The second-order valence-electron chi connectivity index (χ2n) is 6.58. The normalized spacial score (nSPS) is 11.1. The van der Waals surface area contributed by atoms with E-state index in [4.69, 9.17) is 15.2 Å². The number of nitrogen functional groups attached to an aromatic ring is 1. The largest absolute Gasteiger partial charge is 0.497 e. The number of esters is 1. The van der Waals surface area contributed by atoms with Gasteiger partial charge in [0.05, 0.1) is 13.5 Å². The van der Waals surface area contributed by atoms with Crippen LogP contribution in [0.25, 0.3) is 0 Å². The van der Waals surface area contributed by atoms with E-state index >= 15 is 0 Å². The number of nitrogens with two attached hydrogens (primary N) is 1. The quantitative estimate of drug-likeness (QED) is 0.821. The molecule has 0 atom stereocenters. The van der Waals surface area contributed by atoms with Crippen molar-refractivity contribution in [3.8, 4) is 5.75 Å². The van der Waals surface area contributed by atoms with Gasteiger partial charge in [-0.25, -0.2) is 14.3 Å². The van der Waals surface area contributed by atoms with Gasteiger partial charge in [0.25, 0.3) is 5.91 Å². The third-order valence-corrected chi connectivity index (χ3v) is 3.38. The zero-order valence-electron chi connectivity index (χ0n) is 15.1. The molecule has 2 rings (SSSR count). The maximum atomic E-state index is 12.8. The summed E-state index contributed by atoms with van der Waals surface area (Å²) in [5.41, 5.74) is 4.77. The Labute approximate surface area is 150 Å². The molecule has 1 aromatic heterocycles. The first-order chi connectivity index (χ1) is 12.1. The van der Waals surface area contributed by atoms with E-state index < -0.39 is 23.2 Å². The Morgan fingerprint density at radius 1 is 1.23 bits per heavy atom. The van der Waals surface area contributed by atoms with Gasteiger partial charge in [0, 0.05) is 11.8 Å². The van der Waals surface area contributed by atoms with Crippen LogP contribution in [0.3, 0.4) is 0 Å². The van der Waals surface area contributed by atoms with Gasteiger partial charge in [0.2, 0.25) is 0 Å². The number of carbonyl (C=O) groups excluding carboxylic acids is 2. The third-order valence-electron chi connectivity index (χ3n) is 3.38. The standard InChI is InChI=1S/C18H21N3O5/c1-18(2,3)26-15(22)10-11-9-12(25-4)5-6-13(11)16(23)21-14(19)7-8-20-17(21)24/h5-9H,10,19H2,1-4H3. The van der Waals surface area contributed by atoms with Crippen molar-refractivity contribution in [1.29, 1.82) is 0 Å². The van der Waals surface area contributed by atoms with Crippen molar-refractivity contribution >= 4 is 17.7 Å². The van der Waals surface area contributed by atoms with Crippen LogP contribution in [0, 0.1) is 0 Å². The number of aromatic nitrogens is 2. The minimum Gasteiger partial charge on any atom is -0.497 e. The van der Waals surface area contributed by atoms with Crippen LogP contribution in [0.4, 0.5) is 5.82 Å². The molecule has 0 aliphatic heterocycles. The molecule has 8 nitrogen and oxygen atoms in total. The van der Waals surface area contributed by atoms with E-state index in [1.54, 1.807) is 32.9 Å². The number of hydrogen-bond donors (Lipinski definition) is 1. The van der Waals surface area contributed by atoms with Crippen LogP contribution in [-0.4, -0.2) is 34.1 Å². The summed E-state index contributed by atoms with van der Waals surface area (Å²) in [4.78, 5) is 40.5. The maximum Gasteiger partial charge on any atom is 0.356 e. The van der Waals surface area contributed by atoms with Gasteiger partial charge in [-0.15, -0.1) is 0 Å². The molecule has 0 aliphatic rings. The predicted octanol–water partition coefficient (Wildman–Crippen LogP) is 1.41. The lowest BCUT2D eigenvalue weighted by molar-refractivity contribution is -0.153. The Hall–Kier alpha value is -3.16. The zero-order valence-corrected chi connectivity index (χ0v) is 15.1. The summed E-state index contributed by atoms with van der Waals surface area (Å²) >= 11 is 0. The first-order valence-corrected chi connectivity index (χ1v) is 7.89. The van der Waals surface area contributed by atoms with E-state index in [0.29, 0.717) is 11.3 Å². The summed E-state index contributed by atoms with van der Waals surface area (Å²) in [6.45, 7) is 5.25. The van der Waals surface area contributed by atoms with E-state index in [1.165, 1.54) is 25.4 Å². The summed E-state index contributed by atoms with van der Waals surface area (Å²) in [7, 11) is 1.47. The topological polar surface area (TPSA) is 114 Å². The first-order valence-electron chi connectivity index (χ1n) is 7.89. The van der Waals surface area contributed by atoms with Crippen LogP contribution >= 0.6 is 0 Å². The molecule has 2 N–H and O–H groups in total. The van der Waals surface area contributed by atoms with E-state index in [2.05, 4.69) is 4.98 Å². The van der Waals surface area contributed by atoms with Gasteiger partial charge in [-0.3, -0.25) is 9.59 Å². The van der Waals surface area contributed by atoms with E-state index in [-0.39, 0.29) is 17.8 Å². The molecular formula is C18H21N3O5. The van der Waals surface area contributed by atoms with Crippen molar-refractivity contribution in [1.82, 2.24) is 9.55 Å². The van der Waals surface area contributed by atoms with Gasteiger partial charge in [0.15, 0.2) is 0 Å². The third kappa shape index (κ3) is 4.47. The van der Waals surface area contributed by atoms with Crippen LogP contribution < -0.4 is 16.2 Å². The molecule has 138 valence electrons. The second kappa shape index (κ2) is 7.38. The average molecular weight is 359 g/mol. The zero-order chi connectivity index (χ0) is 19.5. The fraction of sp³-hybridized carbons (Fsp3) is 0.333. The van der Waals surface area contributed by atoms with Gasteiger partial charge in [-0.05, 0) is 50.6 Å². The number of hydrogen-bond acceptors (Lipinski definition) is 7. The summed E-state index contributed by atoms with van der Waals surface area (Å²) < 4.78 is 11.2. The second-order valence-corrected chi connectivity index (χ2v) is 6.58. The molecule has 0 aliphatic carbocycles. The van der Waals surface area contributed by atoms with Crippen molar-refractivity contribution in [2.24, 2.45) is 0 Å². The number of anilines is 1. The summed E-state index contributed by atoms with van der Waals surface area (Å²) in [5, 5.41) is 0. The molecule has 0 fully saturated rings. The highest BCUT2D eigenvalue weighted by atomic mass is 16.6. The van der Waals surface area contributed by atoms with Crippen LogP contribution in [0.1, 0.15) is 36.7 Å². The molecule has 0 saturated carbocycles. The number of nitrogens with zero attached hydrogens (tertiary/aromatic N) is 2. The fourth-order valence-electron chi connectivity index (χ4n) is 2.33. The van der Waals surface area contributed by atoms with Gasteiger partial charge in [-0.2, -0.15) is 0 Å². The van der Waals surface area contributed by atoms with Crippen molar-refractivity contribution < 1.29 is 19.1 Å². The van der Waals surface area contributed by atoms with Crippen molar-refractivity contribution in [3.05, 3.63) is 52.1 Å². The molecule has 2 aromatic rings. The molecule has 1 aromatic carbocycles. The smallest absolute Gasteiger partial charge is 0.356 e. The monoisotopic (exact) mass is 359 g/mol. The molecule has 0 saturated heterocycles. The highest BCUT2D eigenvalue weighted by molar-refractivity contribution is 5.99. The lowest BCUT2D eigenvalue weighted by Crippen LogP contribution is -2.32. The van der Waals surface area contributed by atoms with Crippen molar-refractivity contribution in [2.45, 2.75) is 32.8 Å². The summed E-state index contributed by atoms with van der Waals surface area (Å²) in [6.07, 6.45) is 1.06. The average Bonchev–Trinajstić information content (AvgIpc) is 2.52. The Balaban J connectivity index is 2.47. The Morgan fingerprint density at radius 2 is 1.92 bits per heavy atom. The van der Waals surface area contributed by atoms with E-state index in [9.17, 15) is 14.4 Å². The van der Waals surface area contributed by atoms with E-state index in [0.717, 1.165) is 4.57 Å². The minimum absolute atomic E-state index is 0.0472. The number of ether oxygens (including phenoxy) is 2. The van der Waals surface area contributed by atoms with Crippen molar-refractivity contribution in [3.63, 3.8) is 0 Å². The van der Waals surface area contributed by atoms with Gasteiger partial charge < -0.3 is 15.2 Å². The summed E-state index contributed by atoms with van der Waals surface area (Å²) in [6, 6.07) is 5.92. The van der Waals surface area contributed by atoms with Crippen LogP contribution in [0.15, 0.2) is 35.3 Å². The minimum atomic E-state index is -0.797. The Bertz CT molecular complexity index is 896. The lowest BCUT2D eigenvalue weighted by atomic mass is 10.0. The number of carbonyl (C=O) groups is 2. The predicted molar refractivity (Wildman–Crippen MR) is 95.2 cm³/mol. The Morgan fingerprint density at radius 3 is 2.50 bits per heavy atom. The van der Waals surface area contributed by atoms with Crippen LogP contribution in [0.5, 0.6) is 5.75 Å². The molecule has 0 radical (unpaired) electrons. The van der Waals surface area contributed by atoms with Gasteiger partial charge in [0.1, 0.15) is 17.2 Å². The Kier molecular flexibility index (Phi) is 5.44. The maximum absolute atomic E-state index is 12.8. The lowest BCUT2D eigenvalue weighted by Gasteiger charge is -2.20. The molecular weight excluding hydrogens is 338 g/mol. The molecule has 0 bridgehead atoms. The molecule has 26 heavy (non-hydrogen) atoms. The molecule has 0 amide bonds. The molecule has 0 unspecified atom stereocenters. The van der Waals surface area contributed by atoms with E-state index in [1.807, 2.05) is 0 Å². The molecule has 1 heterocycles. The van der Waals surface area contributed by atoms with Gasteiger partial charge in [-0.1, -0.05) is 0 Å². The summed E-state index contributed by atoms with van der Waals surface area (Å²) in [5.74, 6) is -0.770. The van der Waals surface area contributed by atoms with Crippen LogP contribution in [0.2, 0.25) is 0 Å². The SMILES string of the molecule is COc1ccc(C(=O)n2c(N)ccnc2=O)c(CC(=O)OC(C)(C)C)c1. The fourth-order valence-corrected chi connectivity index (χ4v) is 2.33. The van der Waals surface area contributed by atoms with Gasteiger partial charge >= 0.3 is 11.7 Å². The van der Waals surface area contributed by atoms with Crippen molar-refractivity contribution in [2.75, 3.05) is 12.8 Å². The highest BCUT2D eigenvalue weighted by Gasteiger charge is 2.22. The number of benzene rings is 1. The van der Waals surface area contributed by atoms with Crippen LogP contribution in [-0.2, 0) is 16.0 Å². The molecule has 8 heteroatoms. The first kappa shape index (κ1) is 19.2. The number of methoxy groups -OCH3 is 1. The number of rotatable bonds is 4. The highest BCUT2D eigenvalue weighted by Crippen LogP contribution is 2.21.